The van der Waals surface area contributed by atoms with E-state index in [2.05, 4.69) is 10.3 Å². The Morgan fingerprint density at radius 3 is 2.38 bits per heavy atom. The van der Waals surface area contributed by atoms with E-state index in [1.807, 2.05) is 25.4 Å². The van der Waals surface area contributed by atoms with E-state index < -0.39 is 0 Å². The third kappa shape index (κ3) is 3.08. The van der Waals surface area contributed by atoms with Crippen LogP contribution in [-0.2, 0) is 13.5 Å². The molecule has 1 heterocycles. The average Bonchev–Trinajstić information content (AvgIpc) is 2.90. The van der Waals surface area contributed by atoms with Crippen LogP contribution in [0.4, 0.5) is 0 Å². The van der Waals surface area contributed by atoms with Gasteiger partial charge < -0.3 is 19.9 Å². The Bertz CT molecular complexity index is 612. The molecule has 0 bridgehead atoms. The molecule has 0 saturated carbocycles. The van der Waals surface area contributed by atoms with E-state index in [0.717, 1.165) is 11.3 Å². The number of hydrogen-bond acceptors (Lipinski definition) is 6. The highest BCUT2D eigenvalue weighted by atomic mass is 16.5. The summed E-state index contributed by atoms with van der Waals surface area (Å²) in [5.74, 6) is 1.71. The van der Waals surface area contributed by atoms with Gasteiger partial charge in [0.25, 0.3) is 0 Å². The second kappa shape index (κ2) is 6.45. The molecule has 7 nitrogen and oxygen atoms in total. The second-order valence-electron chi connectivity index (χ2n) is 4.62. The van der Waals surface area contributed by atoms with Gasteiger partial charge in [0, 0.05) is 31.3 Å². The van der Waals surface area contributed by atoms with Gasteiger partial charge in [-0.2, -0.15) is 0 Å². The normalized spacial score (nSPS) is 12.0. The van der Waals surface area contributed by atoms with E-state index in [-0.39, 0.29) is 6.04 Å². The number of methoxy groups -OCH3 is 3. The Morgan fingerprint density at radius 1 is 1.14 bits per heavy atom. The molecule has 0 spiro atoms. The van der Waals surface area contributed by atoms with Crippen LogP contribution in [0.2, 0.25) is 0 Å². The zero-order valence-corrected chi connectivity index (χ0v) is 12.7. The molecular weight excluding hydrogens is 272 g/mol. The summed E-state index contributed by atoms with van der Waals surface area (Å²) in [5, 5.41) is 7.95. The fraction of sp³-hybridized carbons (Fsp3) is 0.429. The van der Waals surface area contributed by atoms with E-state index in [4.69, 9.17) is 19.9 Å². The molecule has 0 fully saturated rings. The molecule has 0 aliphatic carbocycles. The summed E-state index contributed by atoms with van der Waals surface area (Å²) in [6.07, 6.45) is 2.40. The SMILES string of the molecule is COc1ccc(C(N)Cc2cn(C)nn2)c(OC)c1OC. The van der Waals surface area contributed by atoms with Crippen LogP contribution in [0, 0.1) is 0 Å². The van der Waals surface area contributed by atoms with Crippen molar-refractivity contribution in [1.82, 2.24) is 15.0 Å². The van der Waals surface area contributed by atoms with Crippen LogP contribution in [-0.4, -0.2) is 36.3 Å². The standard InChI is InChI=1S/C14H20N4O3/c1-18-8-9(16-17-18)7-11(15)10-5-6-12(19-2)14(21-4)13(10)20-3/h5-6,8,11H,7,15H2,1-4H3. The third-order valence-electron chi connectivity index (χ3n) is 3.21. The van der Waals surface area contributed by atoms with E-state index >= 15 is 0 Å². The van der Waals surface area contributed by atoms with Crippen molar-refractivity contribution >= 4 is 0 Å². The van der Waals surface area contributed by atoms with Crippen LogP contribution >= 0.6 is 0 Å². The molecular formula is C14H20N4O3. The number of nitrogens with zero attached hydrogens (tertiary/aromatic N) is 3. The van der Waals surface area contributed by atoms with Crippen LogP contribution < -0.4 is 19.9 Å². The predicted octanol–water partition coefficient (Wildman–Crippen LogP) is 1.08. The third-order valence-corrected chi connectivity index (χ3v) is 3.21. The molecule has 1 aromatic carbocycles. The van der Waals surface area contributed by atoms with Gasteiger partial charge in [-0.15, -0.1) is 5.10 Å². The fourth-order valence-electron chi connectivity index (χ4n) is 2.24. The van der Waals surface area contributed by atoms with E-state index in [0.29, 0.717) is 23.7 Å². The van der Waals surface area contributed by atoms with Gasteiger partial charge in [0.2, 0.25) is 5.75 Å². The van der Waals surface area contributed by atoms with Crippen molar-refractivity contribution in [2.24, 2.45) is 12.8 Å². The summed E-state index contributed by atoms with van der Waals surface area (Å²) >= 11 is 0. The zero-order valence-electron chi connectivity index (χ0n) is 12.7. The largest absolute Gasteiger partial charge is 0.493 e. The number of ether oxygens (including phenoxy) is 3. The summed E-state index contributed by atoms with van der Waals surface area (Å²) < 4.78 is 17.7. The number of nitrogens with two attached hydrogens (primary N) is 1. The molecule has 0 aliphatic rings. The predicted molar refractivity (Wildman–Crippen MR) is 77.7 cm³/mol. The maximum absolute atomic E-state index is 6.27. The molecule has 2 rings (SSSR count). The van der Waals surface area contributed by atoms with Gasteiger partial charge in [0.1, 0.15) is 0 Å². The van der Waals surface area contributed by atoms with Crippen LogP contribution in [0.25, 0.3) is 0 Å². The molecule has 0 radical (unpaired) electrons. The lowest BCUT2D eigenvalue weighted by molar-refractivity contribution is 0.320. The summed E-state index contributed by atoms with van der Waals surface area (Å²) in [6, 6.07) is 3.41. The topological polar surface area (TPSA) is 84.4 Å². The quantitative estimate of drug-likeness (QED) is 0.857. The number of rotatable bonds is 6. The second-order valence-corrected chi connectivity index (χ2v) is 4.62. The first-order chi connectivity index (χ1) is 10.1. The van der Waals surface area contributed by atoms with Crippen molar-refractivity contribution < 1.29 is 14.2 Å². The van der Waals surface area contributed by atoms with Crippen molar-refractivity contribution in [3.05, 3.63) is 29.6 Å². The van der Waals surface area contributed by atoms with E-state index in [1.54, 1.807) is 26.0 Å². The minimum Gasteiger partial charge on any atom is -0.493 e. The summed E-state index contributed by atoms with van der Waals surface area (Å²) in [5.41, 5.74) is 7.93. The summed E-state index contributed by atoms with van der Waals surface area (Å²) in [4.78, 5) is 0. The smallest absolute Gasteiger partial charge is 0.203 e. The lowest BCUT2D eigenvalue weighted by Crippen LogP contribution is -2.15. The Morgan fingerprint density at radius 2 is 1.86 bits per heavy atom. The van der Waals surface area contributed by atoms with Gasteiger partial charge in [-0.3, -0.25) is 4.68 Å². The Kier molecular flexibility index (Phi) is 4.64. The number of aromatic nitrogens is 3. The Balaban J connectivity index is 2.33. The van der Waals surface area contributed by atoms with Crippen LogP contribution in [0.15, 0.2) is 18.3 Å². The summed E-state index contributed by atoms with van der Waals surface area (Å²) in [6.45, 7) is 0. The van der Waals surface area contributed by atoms with E-state index in [9.17, 15) is 0 Å². The van der Waals surface area contributed by atoms with Crippen molar-refractivity contribution in [2.45, 2.75) is 12.5 Å². The molecule has 2 aromatic rings. The zero-order chi connectivity index (χ0) is 15.4. The maximum Gasteiger partial charge on any atom is 0.203 e. The monoisotopic (exact) mass is 292 g/mol. The van der Waals surface area contributed by atoms with Gasteiger partial charge in [-0.25, -0.2) is 0 Å². The summed E-state index contributed by atoms with van der Waals surface area (Å²) in [7, 11) is 6.55. The number of hydrogen-bond donors (Lipinski definition) is 1. The van der Waals surface area contributed by atoms with Gasteiger partial charge in [0.05, 0.1) is 27.0 Å². The van der Waals surface area contributed by atoms with E-state index in [1.165, 1.54) is 0 Å². The Labute approximate surface area is 123 Å². The molecule has 114 valence electrons. The molecule has 1 unspecified atom stereocenters. The molecule has 0 amide bonds. The maximum atomic E-state index is 6.27. The van der Waals surface area contributed by atoms with Crippen molar-refractivity contribution in [2.75, 3.05) is 21.3 Å². The first kappa shape index (κ1) is 15.1. The van der Waals surface area contributed by atoms with Crippen molar-refractivity contribution in [3.63, 3.8) is 0 Å². The number of aryl methyl sites for hydroxylation is 1. The highest BCUT2D eigenvalue weighted by Gasteiger charge is 2.20. The molecule has 0 saturated heterocycles. The lowest BCUT2D eigenvalue weighted by atomic mass is 10.0. The molecule has 21 heavy (non-hydrogen) atoms. The highest BCUT2D eigenvalue weighted by Crippen LogP contribution is 2.41. The first-order valence-electron chi connectivity index (χ1n) is 6.50. The van der Waals surface area contributed by atoms with Gasteiger partial charge >= 0.3 is 0 Å². The molecule has 7 heteroatoms. The molecule has 2 N–H and O–H groups in total. The average molecular weight is 292 g/mol. The number of benzene rings is 1. The minimum absolute atomic E-state index is 0.281. The lowest BCUT2D eigenvalue weighted by Gasteiger charge is -2.19. The highest BCUT2D eigenvalue weighted by molar-refractivity contribution is 5.56. The molecule has 0 aliphatic heterocycles. The fourth-order valence-corrected chi connectivity index (χ4v) is 2.24. The molecule has 1 atom stereocenters. The first-order valence-corrected chi connectivity index (χ1v) is 6.50. The van der Waals surface area contributed by atoms with Crippen LogP contribution in [0.1, 0.15) is 17.3 Å². The van der Waals surface area contributed by atoms with Crippen molar-refractivity contribution in [3.8, 4) is 17.2 Å². The Hall–Kier alpha value is -2.28. The van der Waals surface area contributed by atoms with Gasteiger partial charge in [-0.05, 0) is 12.1 Å². The van der Waals surface area contributed by atoms with Crippen LogP contribution in [0.3, 0.4) is 0 Å². The molecule has 1 aromatic heterocycles. The van der Waals surface area contributed by atoms with Crippen molar-refractivity contribution in [1.29, 1.82) is 0 Å². The van der Waals surface area contributed by atoms with Gasteiger partial charge in [0.15, 0.2) is 11.5 Å². The van der Waals surface area contributed by atoms with Crippen LogP contribution in [0.5, 0.6) is 17.2 Å². The minimum atomic E-state index is -0.281. The van der Waals surface area contributed by atoms with Gasteiger partial charge in [-0.1, -0.05) is 5.21 Å².